The molecule has 28 heavy (non-hydrogen) atoms. The number of hydrogen-bond acceptors (Lipinski definition) is 6. The molecule has 0 spiro atoms. The van der Waals surface area contributed by atoms with Crippen LogP contribution in [0.2, 0.25) is 0 Å². The molecule has 8 nitrogen and oxygen atoms in total. The minimum atomic E-state index is -1.52. The Morgan fingerprint density at radius 2 is 2.04 bits per heavy atom. The summed E-state index contributed by atoms with van der Waals surface area (Å²) in [5, 5.41) is 11.5. The number of unbranched alkanes of at least 4 members (excludes halogenated alkanes) is 2. The maximum absolute atomic E-state index is 12.3. The second-order valence-electron chi connectivity index (χ2n) is 7.10. The van der Waals surface area contributed by atoms with Gasteiger partial charge in [0.2, 0.25) is 0 Å². The largest absolute Gasteiger partial charge is 0.382 e. The van der Waals surface area contributed by atoms with E-state index in [1.165, 1.54) is 16.8 Å². The maximum atomic E-state index is 12.3. The molecule has 0 saturated carbocycles. The Bertz CT molecular complexity index is 730. The van der Waals surface area contributed by atoms with Gasteiger partial charge in [0.05, 0.1) is 6.61 Å². The van der Waals surface area contributed by atoms with Gasteiger partial charge < -0.3 is 19.3 Å². The van der Waals surface area contributed by atoms with Crippen molar-refractivity contribution < 1.29 is 19.3 Å². The predicted octanol–water partition coefficient (Wildman–Crippen LogP) is 1.74. The third kappa shape index (κ3) is 5.20. The number of hydrogen-bond donors (Lipinski definition) is 2. The van der Waals surface area contributed by atoms with E-state index in [4.69, 9.17) is 14.2 Å². The molecule has 1 aromatic rings. The fraction of sp³-hybridized carbons (Fsp3) is 0.700. The number of nitrogens with zero attached hydrogens (tertiary/aromatic N) is 1. The van der Waals surface area contributed by atoms with E-state index in [0.29, 0.717) is 13.2 Å². The van der Waals surface area contributed by atoms with Crippen LogP contribution in [0.15, 0.2) is 34.5 Å². The molecule has 1 aromatic heterocycles. The number of aromatic amines is 1. The molecule has 8 heteroatoms. The van der Waals surface area contributed by atoms with Crippen LogP contribution >= 0.6 is 0 Å². The zero-order valence-electron chi connectivity index (χ0n) is 16.8. The normalized spacial score (nSPS) is 27.2. The lowest BCUT2D eigenvalue weighted by Crippen LogP contribution is -2.50. The Hall–Kier alpha value is -1.74. The molecule has 2 N–H and O–H groups in total. The van der Waals surface area contributed by atoms with Gasteiger partial charge in [-0.25, -0.2) is 4.79 Å². The van der Waals surface area contributed by atoms with E-state index in [0.717, 1.165) is 25.7 Å². The van der Waals surface area contributed by atoms with Crippen LogP contribution < -0.4 is 11.2 Å². The van der Waals surface area contributed by atoms with Gasteiger partial charge in [-0.15, -0.1) is 6.58 Å². The van der Waals surface area contributed by atoms with Gasteiger partial charge >= 0.3 is 5.69 Å². The topological polar surface area (TPSA) is 103 Å². The predicted molar refractivity (Wildman–Crippen MR) is 105 cm³/mol. The van der Waals surface area contributed by atoms with Crippen LogP contribution in [0.5, 0.6) is 0 Å². The smallest absolute Gasteiger partial charge is 0.330 e. The van der Waals surface area contributed by atoms with Crippen molar-refractivity contribution in [3.63, 3.8) is 0 Å². The third-order valence-corrected chi connectivity index (χ3v) is 4.86. The summed E-state index contributed by atoms with van der Waals surface area (Å²) in [5.41, 5.74) is -2.68. The van der Waals surface area contributed by atoms with Crippen LogP contribution in [0.25, 0.3) is 0 Å². The maximum Gasteiger partial charge on any atom is 0.330 e. The standard InChI is InChI=1S/C20H32N2O6/c1-4-7-12-26-14-15-17(27-13-8-5-2)20(25,10-6-3)18(28-15)22-11-9-16(23)21-19(22)24/h6,9,11,15,17-18,25H,3-5,7-8,10,12-14H2,1-2H3,(H,21,23,24)/t15-,17-,18-,20-/m1/s1. The SMILES string of the molecule is C=CC[C@@]1(O)[C@H](OCCCC)[C@@H](COCCCC)O[C@H]1n1ccc(=O)[nH]c1=O. The van der Waals surface area contributed by atoms with Gasteiger partial charge in [0, 0.05) is 31.9 Å². The second-order valence-corrected chi connectivity index (χ2v) is 7.10. The quantitative estimate of drug-likeness (QED) is 0.412. The molecule has 0 radical (unpaired) electrons. The van der Waals surface area contributed by atoms with E-state index >= 15 is 0 Å². The summed E-state index contributed by atoms with van der Waals surface area (Å²) in [7, 11) is 0. The Balaban J connectivity index is 2.33. The van der Waals surface area contributed by atoms with Crippen LogP contribution in [0.3, 0.4) is 0 Å². The summed E-state index contributed by atoms with van der Waals surface area (Å²) in [6, 6.07) is 1.22. The minimum absolute atomic E-state index is 0.158. The Labute approximate surface area is 165 Å². The molecular weight excluding hydrogens is 364 g/mol. The fourth-order valence-corrected chi connectivity index (χ4v) is 3.36. The van der Waals surface area contributed by atoms with Crippen molar-refractivity contribution in [2.75, 3.05) is 19.8 Å². The number of aromatic nitrogens is 2. The van der Waals surface area contributed by atoms with E-state index in [1.807, 2.05) is 0 Å². The first kappa shape index (κ1) is 22.5. The molecule has 0 aliphatic carbocycles. The van der Waals surface area contributed by atoms with Crippen molar-refractivity contribution in [3.8, 4) is 0 Å². The van der Waals surface area contributed by atoms with Crippen LogP contribution in [-0.4, -0.2) is 52.3 Å². The van der Waals surface area contributed by atoms with E-state index in [9.17, 15) is 14.7 Å². The molecule has 0 aromatic carbocycles. The molecule has 1 aliphatic rings. The first-order valence-corrected chi connectivity index (χ1v) is 9.97. The summed E-state index contributed by atoms with van der Waals surface area (Å²) < 4.78 is 19.0. The summed E-state index contributed by atoms with van der Waals surface area (Å²) in [6.45, 7) is 9.15. The van der Waals surface area contributed by atoms with Gasteiger partial charge in [0.15, 0.2) is 6.23 Å². The lowest BCUT2D eigenvalue weighted by Gasteiger charge is -2.33. The van der Waals surface area contributed by atoms with E-state index in [2.05, 4.69) is 25.4 Å². The summed E-state index contributed by atoms with van der Waals surface area (Å²) in [6.07, 6.45) is 4.51. The van der Waals surface area contributed by atoms with Gasteiger partial charge in [-0.2, -0.15) is 0 Å². The van der Waals surface area contributed by atoms with E-state index in [1.54, 1.807) is 6.08 Å². The molecule has 2 heterocycles. The third-order valence-electron chi connectivity index (χ3n) is 4.86. The lowest BCUT2D eigenvalue weighted by atomic mass is 9.90. The molecule has 2 rings (SSSR count). The Morgan fingerprint density at radius 3 is 2.68 bits per heavy atom. The highest BCUT2D eigenvalue weighted by molar-refractivity contribution is 5.06. The van der Waals surface area contributed by atoms with Gasteiger partial charge in [-0.1, -0.05) is 32.8 Å². The average Bonchev–Trinajstić information content (AvgIpc) is 2.91. The van der Waals surface area contributed by atoms with Crippen molar-refractivity contribution in [1.29, 1.82) is 0 Å². The van der Waals surface area contributed by atoms with Gasteiger partial charge in [-0.05, 0) is 12.8 Å². The van der Waals surface area contributed by atoms with Crippen molar-refractivity contribution in [3.05, 3.63) is 45.8 Å². The van der Waals surface area contributed by atoms with Crippen LogP contribution in [0.1, 0.15) is 52.2 Å². The number of H-pyrrole nitrogens is 1. The molecule has 4 atom stereocenters. The number of ether oxygens (including phenoxy) is 3. The monoisotopic (exact) mass is 396 g/mol. The van der Waals surface area contributed by atoms with Crippen molar-refractivity contribution in [1.82, 2.24) is 9.55 Å². The first-order valence-electron chi connectivity index (χ1n) is 9.97. The Morgan fingerprint density at radius 1 is 1.32 bits per heavy atom. The summed E-state index contributed by atoms with van der Waals surface area (Å²) in [5.74, 6) is 0. The first-order chi connectivity index (χ1) is 13.5. The zero-order chi connectivity index (χ0) is 20.6. The molecule has 0 bridgehead atoms. The Kier molecular flexibility index (Phi) is 8.62. The molecular formula is C20H32N2O6. The minimum Gasteiger partial charge on any atom is -0.382 e. The van der Waals surface area contributed by atoms with E-state index < -0.39 is 35.3 Å². The zero-order valence-corrected chi connectivity index (χ0v) is 16.8. The fourth-order valence-electron chi connectivity index (χ4n) is 3.36. The highest BCUT2D eigenvalue weighted by atomic mass is 16.6. The molecule has 0 amide bonds. The molecule has 158 valence electrons. The summed E-state index contributed by atoms with van der Waals surface area (Å²) in [4.78, 5) is 25.9. The van der Waals surface area contributed by atoms with Crippen molar-refractivity contribution >= 4 is 0 Å². The molecule has 1 aliphatic heterocycles. The van der Waals surface area contributed by atoms with Gasteiger partial charge in [-0.3, -0.25) is 14.3 Å². The van der Waals surface area contributed by atoms with Crippen molar-refractivity contribution in [2.45, 2.75) is 70.0 Å². The summed E-state index contributed by atoms with van der Waals surface area (Å²) >= 11 is 0. The molecule has 1 saturated heterocycles. The lowest BCUT2D eigenvalue weighted by molar-refractivity contribution is -0.122. The van der Waals surface area contributed by atoms with Crippen LogP contribution in [0, 0.1) is 0 Å². The van der Waals surface area contributed by atoms with Gasteiger partial charge in [0.1, 0.15) is 17.8 Å². The number of rotatable bonds is 12. The van der Waals surface area contributed by atoms with Crippen LogP contribution in [-0.2, 0) is 14.2 Å². The average molecular weight is 396 g/mol. The molecule has 0 unspecified atom stereocenters. The van der Waals surface area contributed by atoms with Gasteiger partial charge in [0.25, 0.3) is 5.56 Å². The highest BCUT2D eigenvalue weighted by Gasteiger charge is 2.57. The number of aliphatic hydroxyl groups is 1. The van der Waals surface area contributed by atoms with Crippen LogP contribution in [0.4, 0.5) is 0 Å². The van der Waals surface area contributed by atoms with E-state index in [-0.39, 0.29) is 13.0 Å². The highest BCUT2D eigenvalue weighted by Crippen LogP contribution is 2.42. The van der Waals surface area contributed by atoms with Crippen molar-refractivity contribution in [2.24, 2.45) is 0 Å². The number of nitrogens with one attached hydrogen (secondary N) is 1. The second kappa shape index (κ2) is 10.7. The molecule has 1 fully saturated rings.